The second-order valence-corrected chi connectivity index (χ2v) is 5.33. The van der Waals surface area contributed by atoms with E-state index in [4.69, 9.17) is 0 Å². The van der Waals surface area contributed by atoms with Gasteiger partial charge in [-0.15, -0.1) is 0 Å². The highest BCUT2D eigenvalue weighted by Crippen LogP contribution is 2.26. The number of piperidine rings is 1. The minimum absolute atomic E-state index is 0.176. The summed E-state index contributed by atoms with van der Waals surface area (Å²) >= 11 is 0. The van der Waals surface area contributed by atoms with Gasteiger partial charge in [-0.25, -0.2) is 4.39 Å². The molecule has 1 amide bonds. The third-order valence-corrected chi connectivity index (χ3v) is 3.57. The molecule has 8 heteroatoms. The zero-order chi connectivity index (χ0) is 15.8. The fraction of sp³-hybridized carbons (Fsp3) is 0.462. The van der Waals surface area contributed by atoms with Crippen LogP contribution < -0.4 is 0 Å². The van der Waals surface area contributed by atoms with Crippen molar-refractivity contribution in [3.05, 3.63) is 39.4 Å². The van der Waals surface area contributed by atoms with E-state index in [1.54, 1.807) is 6.92 Å². The maximum atomic E-state index is 14.0. The minimum atomic E-state index is -1.34. The lowest BCUT2D eigenvalue weighted by atomic mass is 9.93. The summed E-state index contributed by atoms with van der Waals surface area (Å²) in [5, 5.41) is 20.4. The number of nitrogens with zero attached hydrogens (tertiary/aromatic N) is 2. The van der Waals surface area contributed by atoms with Gasteiger partial charge in [-0.2, -0.15) is 4.39 Å². The molecule has 1 aliphatic heterocycles. The van der Waals surface area contributed by atoms with E-state index in [0.29, 0.717) is 25.0 Å². The molecular weight excluding hydrogens is 286 g/mol. The maximum Gasteiger partial charge on any atom is 0.308 e. The molecule has 0 radical (unpaired) electrons. The number of likely N-dealkylation sites (tertiary alicyclic amines) is 1. The Bertz CT molecular complexity index is 594. The average Bonchev–Trinajstić information content (AvgIpc) is 2.40. The molecule has 1 saturated heterocycles. The van der Waals surface area contributed by atoms with Gasteiger partial charge in [-0.1, -0.05) is 0 Å². The van der Waals surface area contributed by atoms with Crippen LogP contribution in [0, 0.1) is 21.7 Å². The Labute approximate surface area is 119 Å². The fourth-order valence-corrected chi connectivity index (χ4v) is 2.23. The van der Waals surface area contributed by atoms with Crippen LogP contribution >= 0.6 is 0 Å². The van der Waals surface area contributed by atoms with Crippen molar-refractivity contribution in [3.8, 4) is 0 Å². The molecule has 0 bridgehead atoms. The van der Waals surface area contributed by atoms with Gasteiger partial charge in [0, 0.05) is 13.1 Å². The summed E-state index contributed by atoms with van der Waals surface area (Å²) in [6.45, 7) is 1.98. The number of amides is 1. The minimum Gasteiger partial charge on any atom is -0.390 e. The highest BCUT2D eigenvalue weighted by molar-refractivity contribution is 5.95. The molecule has 0 aliphatic carbocycles. The Kier molecular flexibility index (Phi) is 3.91. The predicted octanol–water partition coefficient (Wildman–Crippen LogP) is 1.86. The molecule has 0 unspecified atom stereocenters. The SMILES string of the molecule is CC1(O)CCN(C(=O)c2cc(F)cc([N+](=O)[O-])c2F)CC1. The normalized spacial score (nSPS) is 17.6. The van der Waals surface area contributed by atoms with Crippen LogP contribution in [0.4, 0.5) is 14.5 Å². The van der Waals surface area contributed by atoms with E-state index in [9.17, 15) is 28.8 Å². The fourth-order valence-electron chi connectivity index (χ4n) is 2.23. The van der Waals surface area contributed by atoms with Crippen molar-refractivity contribution in [1.82, 2.24) is 4.90 Å². The zero-order valence-electron chi connectivity index (χ0n) is 11.3. The van der Waals surface area contributed by atoms with Gasteiger partial charge in [-0.05, 0) is 25.8 Å². The van der Waals surface area contributed by atoms with Crippen molar-refractivity contribution >= 4 is 11.6 Å². The Morgan fingerprint density at radius 2 is 1.95 bits per heavy atom. The molecule has 1 N–H and O–H groups in total. The molecule has 6 nitrogen and oxygen atoms in total. The lowest BCUT2D eigenvalue weighted by Gasteiger charge is -2.35. The van der Waals surface area contributed by atoms with Crippen molar-refractivity contribution in [3.63, 3.8) is 0 Å². The molecule has 1 aromatic carbocycles. The average molecular weight is 300 g/mol. The van der Waals surface area contributed by atoms with Crippen LogP contribution in [0.5, 0.6) is 0 Å². The quantitative estimate of drug-likeness (QED) is 0.667. The standard InChI is InChI=1S/C13H14F2N2O4/c1-13(19)2-4-16(5-3-13)12(18)9-6-8(14)7-10(11(9)15)17(20)21/h6-7,19H,2-5H2,1H3. The number of nitro benzene ring substituents is 1. The molecule has 114 valence electrons. The summed E-state index contributed by atoms with van der Waals surface area (Å²) in [5.41, 5.74) is -2.63. The van der Waals surface area contributed by atoms with Crippen LogP contribution in [-0.4, -0.2) is 39.5 Å². The van der Waals surface area contributed by atoms with Crippen LogP contribution in [0.2, 0.25) is 0 Å². The van der Waals surface area contributed by atoms with Crippen LogP contribution in [-0.2, 0) is 0 Å². The van der Waals surface area contributed by atoms with Crippen molar-refractivity contribution < 1.29 is 23.6 Å². The van der Waals surface area contributed by atoms with Crippen molar-refractivity contribution in [2.24, 2.45) is 0 Å². The first kappa shape index (κ1) is 15.3. The Hall–Kier alpha value is -2.09. The van der Waals surface area contributed by atoms with E-state index in [2.05, 4.69) is 0 Å². The second-order valence-electron chi connectivity index (χ2n) is 5.33. The molecule has 0 saturated carbocycles. The van der Waals surface area contributed by atoms with E-state index < -0.39 is 39.3 Å². The Morgan fingerprint density at radius 1 is 1.38 bits per heavy atom. The zero-order valence-corrected chi connectivity index (χ0v) is 11.3. The van der Waals surface area contributed by atoms with E-state index >= 15 is 0 Å². The van der Waals surface area contributed by atoms with E-state index in [1.807, 2.05) is 0 Å². The van der Waals surface area contributed by atoms with Crippen LogP contribution in [0.1, 0.15) is 30.1 Å². The first-order chi connectivity index (χ1) is 9.71. The molecular formula is C13H14F2N2O4. The van der Waals surface area contributed by atoms with Gasteiger partial charge in [0.25, 0.3) is 5.91 Å². The number of carbonyl (C=O) groups is 1. The predicted molar refractivity (Wildman–Crippen MR) is 68.8 cm³/mol. The number of halogens is 2. The third kappa shape index (κ3) is 3.15. The summed E-state index contributed by atoms with van der Waals surface area (Å²) in [7, 11) is 0. The number of aliphatic hydroxyl groups is 1. The highest BCUT2D eigenvalue weighted by Gasteiger charge is 2.32. The highest BCUT2D eigenvalue weighted by atomic mass is 19.1. The van der Waals surface area contributed by atoms with Crippen LogP contribution in [0.25, 0.3) is 0 Å². The molecule has 1 fully saturated rings. The summed E-state index contributed by atoms with van der Waals surface area (Å²) in [6.07, 6.45) is 0.607. The summed E-state index contributed by atoms with van der Waals surface area (Å²) < 4.78 is 27.3. The molecule has 21 heavy (non-hydrogen) atoms. The molecule has 1 aliphatic rings. The smallest absolute Gasteiger partial charge is 0.308 e. The maximum absolute atomic E-state index is 14.0. The molecule has 0 spiro atoms. The number of carbonyl (C=O) groups excluding carboxylic acids is 1. The molecule has 1 aromatic rings. The number of rotatable bonds is 2. The first-order valence-corrected chi connectivity index (χ1v) is 6.36. The molecule has 0 aromatic heterocycles. The lowest BCUT2D eigenvalue weighted by Crippen LogP contribution is -2.45. The van der Waals surface area contributed by atoms with Crippen LogP contribution in [0.3, 0.4) is 0 Å². The number of nitro groups is 1. The van der Waals surface area contributed by atoms with Gasteiger partial charge >= 0.3 is 5.69 Å². The number of hydrogen-bond acceptors (Lipinski definition) is 4. The van der Waals surface area contributed by atoms with Crippen molar-refractivity contribution in [2.45, 2.75) is 25.4 Å². The third-order valence-electron chi connectivity index (χ3n) is 3.57. The Morgan fingerprint density at radius 3 is 2.48 bits per heavy atom. The van der Waals surface area contributed by atoms with Crippen LogP contribution in [0.15, 0.2) is 12.1 Å². The molecule has 1 heterocycles. The van der Waals surface area contributed by atoms with Gasteiger partial charge in [0.1, 0.15) is 5.82 Å². The topological polar surface area (TPSA) is 83.7 Å². The Balaban J connectivity index is 2.30. The van der Waals surface area contributed by atoms with Gasteiger partial charge in [0.05, 0.1) is 22.2 Å². The van der Waals surface area contributed by atoms with Gasteiger partial charge in [-0.3, -0.25) is 14.9 Å². The van der Waals surface area contributed by atoms with E-state index in [0.717, 1.165) is 0 Å². The summed E-state index contributed by atoms with van der Waals surface area (Å²) in [4.78, 5) is 23.0. The van der Waals surface area contributed by atoms with Gasteiger partial charge in [0.2, 0.25) is 5.82 Å². The lowest BCUT2D eigenvalue weighted by molar-refractivity contribution is -0.387. The largest absolute Gasteiger partial charge is 0.390 e. The molecule has 0 atom stereocenters. The van der Waals surface area contributed by atoms with E-state index in [1.165, 1.54) is 4.90 Å². The number of benzene rings is 1. The first-order valence-electron chi connectivity index (χ1n) is 6.36. The van der Waals surface area contributed by atoms with Gasteiger partial charge < -0.3 is 10.0 Å². The van der Waals surface area contributed by atoms with Gasteiger partial charge in [0.15, 0.2) is 0 Å². The summed E-state index contributed by atoms with van der Waals surface area (Å²) in [6, 6.07) is 1.09. The number of hydrogen-bond donors (Lipinski definition) is 1. The van der Waals surface area contributed by atoms with Crippen molar-refractivity contribution in [1.29, 1.82) is 0 Å². The monoisotopic (exact) mass is 300 g/mol. The van der Waals surface area contributed by atoms with Crippen molar-refractivity contribution in [2.75, 3.05) is 13.1 Å². The summed E-state index contributed by atoms with van der Waals surface area (Å²) in [5.74, 6) is -3.20. The van der Waals surface area contributed by atoms with E-state index in [-0.39, 0.29) is 13.1 Å². The second kappa shape index (κ2) is 5.36. The molecule has 2 rings (SSSR count).